The van der Waals surface area contributed by atoms with Gasteiger partial charge in [-0.05, 0) is 45.4 Å². The normalized spacial score (nSPS) is 12.0. The molecule has 1 atom stereocenters. The molecule has 0 fully saturated rings. The molecule has 0 bridgehead atoms. The smallest absolute Gasteiger partial charge is 0.287 e. The summed E-state index contributed by atoms with van der Waals surface area (Å²) >= 11 is 11.9. The van der Waals surface area contributed by atoms with Crippen LogP contribution in [0, 0.1) is 13.8 Å². The molecule has 0 aliphatic carbocycles. The van der Waals surface area contributed by atoms with Crippen molar-refractivity contribution < 1.29 is 9.53 Å². The number of nitrogens with zero attached hydrogens (tertiary/aromatic N) is 2. The molecule has 0 aliphatic heterocycles. The van der Waals surface area contributed by atoms with Gasteiger partial charge in [-0.3, -0.25) is 4.79 Å². The molecule has 0 amide bonds. The number of aromatic nitrogens is 2. The average Bonchev–Trinajstić information content (AvgIpc) is 2.77. The second-order valence-electron chi connectivity index (χ2n) is 5.23. The number of allylic oxidation sites excluding steroid dienone is 1. The average molecular weight is 353 g/mol. The lowest BCUT2D eigenvalue weighted by Crippen LogP contribution is -2.31. The molecule has 122 valence electrons. The maximum Gasteiger partial charge on any atom is 0.287 e. The van der Waals surface area contributed by atoms with E-state index in [4.69, 9.17) is 27.9 Å². The molecular formula is C17H18Cl2N2O2. The second-order valence-corrected chi connectivity index (χ2v) is 6.07. The number of carbonyl (C=O) groups is 1. The van der Waals surface area contributed by atoms with Crippen molar-refractivity contribution in [2.24, 2.45) is 0 Å². The zero-order valence-corrected chi connectivity index (χ0v) is 14.8. The van der Waals surface area contributed by atoms with Crippen LogP contribution >= 0.6 is 23.2 Å². The fourth-order valence-corrected chi connectivity index (χ4v) is 2.77. The monoisotopic (exact) mass is 352 g/mol. The van der Waals surface area contributed by atoms with Gasteiger partial charge in [0.2, 0.25) is 0 Å². The van der Waals surface area contributed by atoms with Gasteiger partial charge in [0.1, 0.15) is 5.75 Å². The Kier molecular flexibility index (Phi) is 5.50. The SMILES string of the molecule is C=CCc1c(C)nn(C(=O)C(C)Oc2ccc(Cl)cc2Cl)c1C. The molecule has 1 aromatic heterocycles. The first-order valence-electron chi connectivity index (χ1n) is 7.17. The van der Waals surface area contributed by atoms with Gasteiger partial charge in [-0.15, -0.1) is 6.58 Å². The first kappa shape index (κ1) is 17.6. The Morgan fingerprint density at radius 2 is 2.13 bits per heavy atom. The zero-order valence-electron chi connectivity index (χ0n) is 13.3. The highest BCUT2D eigenvalue weighted by Gasteiger charge is 2.23. The predicted octanol–water partition coefficient (Wildman–Crippen LogP) is 4.64. The van der Waals surface area contributed by atoms with Gasteiger partial charge in [0.25, 0.3) is 5.91 Å². The van der Waals surface area contributed by atoms with Gasteiger partial charge in [0, 0.05) is 16.3 Å². The molecule has 4 nitrogen and oxygen atoms in total. The number of aryl methyl sites for hydroxylation is 1. The summed E-state index contributed by atoms with van der Waals surface area (Å²) in [6.45, 7) is 9.12. The highest BCUT2D eigenvalue weighted by Crippen LogP contribution is 2.28. The van der Waals surface area contributed by atoms with Gasteiger partial charge in [0.05, 0.1) is 10.7 Å². The zero-order chi connectivity index (χ0) is 17.1. The van der Waals surface area contributed by atoms with E-state index in [1.807, 2.05) is 13.8 Å². The Bertz CT molecular complexity index is 753. The fourth-order valence-electron chi connectivity index (χ4n) is 2.31. The number of carbonyl (C=O) groups excluding carboxylic acids is 1. The number of hydrogen-bond donors (Lipinski definition) is 0. The quantitative estimate of drug-likeness (QED) is 0.736. The molecule has 2 rings (SSSR count). The van der Waals surface area contributed by atoms with Gasteiger partial charge >= 0.3 is 0 Å². The lowest BCUT2D eigenvalue weighted by Gasteiger charge is -2.15. The van der Waals surface area contributed by atoms with Crippen molar-refractivity contribution in [1.82, 2.24) is 9.78 Å². The van der Waals surface area contributed by atoms with E-state index in [1.165, 1.54) is 4.68 Å². The van der Waals surface area contributed by atoms with Crippen molar-refractivity contribution in [3.63, 3.8) is 0 Å². The summed E-state index contributed by atoms with van der Waals surface area (Å²) in [6.07, 6.45) is 1.73. The molecule has 1 aromatic carbocycles. The highest BCUT2D eigenvalue weighted by molar-refractivity contribution is 6.35. The molecule has 1 unspecified atom stereocenters. The summed E-state index contributed by atoms with van der Waals surface area (Å²) in [7, 11) is 0. The van der Waals surface area contributed by atoms with E-state index in [0.717, 1.165) is 17.0 Å². The number of rotatable bonds is 5. The molecule has 23 heavy (non-hydrogen) atoms. The first-order valence-corrected chi connectivity index (χ1v) is 7.92. The fraction of sp³-hybridized carbons (Fsp3) is 0.294. The number of halogens is 2. The summed E-state index contributed by atoms with van der Waals surface area (Å²) in [4.78, 5) is 12.6. The van der Waals surface area contributed by atoms with E-state index in [-0.39, 0.29) is 5.91 Å². The van der Waals surface area contributed by atoms with Crippen molar-refractivity contribution in [2.75, 3.05) is 0 Å². The Hall–Kier alpha value is -1.78. The van der Waals surface area contributed by atoms with Gasteiger partial charge in [0.15, 0.2) is 6.10 Å². The predicted molar refractivity (Wildman–Crippen MR) is 92.8 cm³/mol. The third kappa shape index (κ3) is 3.77. The van der Waals surface area contributed by atoms with Crippen LogP contribution in [0.25, 0.3) is 0 Å². The summed E-state index contributed by atoms with van der Waals surface area (Å²) in [5.74, 6) is 0.150. The summed E-state index contributed by atoms with van der Waals surface area (Å²) in [5.41, 5.74) is 2.61. The van der Waals surface area contributed by atoms with Crippen LogP contribution in [0.5, 0.6) is 5.75 Å². The molecule has 0 radical (unpaired) electrons. The van der Waals surface area contributed by atoms with E-state index >= 15 is 0 Å². The van der Waals surface area contributed by atoms with E-state index in [2.05, 4.69) is 11.7 Å². The van der Waals surface area contributed by atoms with Gasteiger partial charge in [-0.25, -0.2) is 4.68 Å². The summed E-state index contributed by atoms with van der Waals surface area (Å²) in [6, 6.07) is 4.87. The molecule has 0 aliphatic rings. The number of benzene rings is 1. The molecule has 1 heterocycles. The third-order valence-corrected chi connectivity index (χ3v) is 4.07. The topological polar surface area (TPSA) is 44.1 Å². The maximum absolute atomic E-state index is 12.6. The van der Waals surface area contributed by atoms with Crippen LogP contribution in [0.15, 0.2) is 30.9 Å². The molecule has 0 N–H and O–H groups in total. The van der Waals surface area contributed by atoms with Crippen LogP contribution in [-0.2, 0) is 6.42 Å². The molecular weight excluding hydrogens is 335 g/mol. The van der Waals surface area contributed by atoms with Gasteiger partial charge in [-0.2, -0.15) is 5.10 Å². The molecule has 6 heteroatoms. The van der Waals surface area contributed by atoms with E-state index in [0.29, 0.717) is 22.2 Å². The largest absolute Gasteiger partial charge is 0.479 e. The van der Waals surface area contributed by atoms with Crippen LogP contribution in [0.2, 0.25) is 10.0 Å². The molecule has 2 aromatic rings. The lowest BCUT2D eigenvalue weighted by atomic mass is 10.1. The standard InChI is InChI=1S/C17H18Cl2N2O2/c1-5-6-14-10(2)20-21(11(14)3)17(22)12(4)23-16-8-7-13(18)9-15(16)19/h5,7-9,12H,1,6H2,2-4H3. The van der Waals surface area contributed by atoms with E-state index in [1.54, 1.807) is 31.2 Å². The maximum atomic E-state index is 12.6. The summed E-state index contributed by atoms with van der Waals surface area (Å²) < 4.78 is 7.04. The Labute approximate surface area is 145 Å². The Morgan fingerprint density at radius 1 is 1.43 bits per heavy atom. The van der Waals surface area contributed by atoms with Crippen LogP contribution in [-0.4, -0.2) is 21.8 Å². The minimum absolute atomic E-state index is 0.257. The summed E-state index contributed by atoms with van der Waals surface area (Å²) in [5, 5.41) is 5.18. The van der Waals surface area contributed by atoms with Gasteiger partial charge < -0.3 is 4.74 Å². The number of hydrogen-bond acceptors (Lipinski definition) is 3. The Morgan fingerprint density at radius 3 is 2.74 bits per heavy atom. The van der Waals surface area contributed by atoms with Crippen molar-refractivity contribution in [1.29, 1.82) is 0 Å². The second kappa shape index (κ2) is 7.20. The van der Waals surface area contributed by atoms with Gasteiger partial charge in [-0.1, -0.05) is 29.3 Å². The minimum atomic E-state index is -0.733. The van der Waals surface area contributed by atoms with Crippen LogP contribution in [0.3, 0.4) is 0 Å². The van der Waals surface area contributed by atoms with Crippen LogP contribution < -0.4 is 4.74 Å². The lowest BCUT2D eigenvalue weighted by molar-refractivity contribution is 0.0707. The molecule has 0 saturated carbocycles. The molecule has 0 saturated heterocycles. The Balaban J connectivity index is 2.23. The third-order valence-electron chi connectivity index (χ3n) is 3.54. The van der Waals surface area contributed by atoms with Crippen molar-refractivity contribution in [3.05, 3.63) is 57.9 Å². The van der Waals surface area contributed by atoms with Crippen molar-refractivity contribution in [3.8, 4) is 5.75 Å². The van der Waals surface area contributed by atoms with E-state index < -0.39 is 6.10 Å². The first-order chi connectivity index (χ1) is 10.8. The minimum Gasteiger partial charge on any atom is -0.479 e. The van der Waals surface area contributed by atoms with Crippen molar-refractivity contribution in [2.45, 2.75) is 33.3 Å². The molecule has 0 spiro atoms. The highest BCUT2D eigenvalue weighted by atomic mass is 35.5. The van der Waals surface area contributed by atoms with E-state index in [9.17, 15) is 4.79 Å². The van der Waals surface area contributed by atoms with Crippen molar-refractivity contribution >= 4 is 29.1 Å². The number of ether oxygens (including phenoxy) is 1. The van der Waals surface area contributed by atoms with Crippen LogP contribution in [0.1, 0.15) is 28.7 Å². The van der Waals surface area contributed by atoms with Crippen LogP contribution in [0.4, 0.5) is 0 Å².